The first-order valence-electron chi connectivity index (χ1n) is 7.41. The number of fused-ring (bicyclic) bond motifs is 1. The highest BCUT2D eigenvalue weighted by Crippen LogP contribution is 2.37. The van der Waals surface area contributed by atoms with Gasteiger partial charge in [0.25, 0.3) is 5.69 Å². The average molecular weight is 387 g/mol. The van der Waals surface area contributed by atoms with Crippen molar-refractivity contribution >= 4 is 43.5 Å². The van der Waals surface area contributed by atoms with Crippen LogP contribution in [0.15, 0.2) is 63.7 Å². The summed E-state index contributed by atoms with van der Waals surface area (Å²) in [4.78, 5) is 9.97. The Morgan fingerprint density at radius 2 is 1.78 bits per heavy atom. The number of phenols is 1. The molecule has 0 spiro atoms. The molecule has 0 fully saturated rings. The molecule has 0 aromatic heterocycles. The number of nitrogens with two attached hydrogens (primary N) is 2. The fraction of sp³-hybridized carbons (Fsp3) is 0. The summed E-state index contributed by atoms with van der Waals surface area (Å²) in [6.07, 6.45) is 0. The molecule has 0 radical (unpaired) electrons. The van der Waals surface area contributed by atoms with Crippen LogP contribution < -0.4 is 10.9 Å². The number of rotatable bonds is 4. The first-order chi connectivity index (χ1) is 12.7. The zero-order valence-electron chi connectivity index (χ0n) is 13.6. The molecule has 0 saturated heterocycles. The first-order valence-corrected chi connectivity index (χ1v) is 8.96. The van der Waals surface area contributed by atoms with Crippen molar-refractivity contribution in [1.82, 2.24) is 0 Å². The SMILES string of the molecule is Nc1ccc2c(S(N)(=O)=O)cccc2c1N=Nc1ccc([N+](=O)[O-])cc1O. The topological polar surface area (TPSA) is 174 Å². The summed E-state index contributed by atoms with van der Waals surface area (Å²) in [7, 11) is -3.96. The van der Waals surface area contributed by atoms with Gasteiger partial charge in [0.2, 0.25) is 10.0 Å². The van der Waals surface area contributed by atoms with Crippen LogP contribution in [-0.4, -0.2) is 18.4 Å². The summed E-state index contributed by atoms with van der Waals surface area (Å²) < 4.78 is 23.5. The van der Waals surface area contributed by atoms with Crippen LogP contribution in [0.3, 0.4) is 0 Å². The summed E-state index contributed by atoms with van der Waals surface area (Å²) >= 11 is 0. The number of phenolic OH excluding ortho intramolecular Hbond substituents is 1. The van der Waals surface area contributed by atoms with E-state index in [1.807, 2.05) is 0 Å². The second-order valence-electron chi connectivity index (χ2n) is 5.53. The molecule has 27 heavy (non-hydrogen) atoms. The van der Waals surface area contributed by atoms with Crippen molar-refractivity contribution in [2.45, 2.75) is 4.90 Å². The van der Waals surface area contributed by atoms with Crippen molar-refractivity contribution in [2.24, 2.45) is 15.4 Å². The van der Waals surface area contributed by atoms with E-state index >= 15 is 0 Å². The van der Waals surface area contributed by atoms with Crippen molar-refractivity contribution in [1.29, 1.82) is 0 Å². The van der Waals surface area contributed by atoms with Crippen molar-refractivity contribution in [3.63, 3.8) is 0 Å². The lowest BCUT2D eigenvalue weighted by Crippen LogP contribution is -2.12. The maximum Gasteiger partial charge on any atom is 0.273 e. The van der Waals surface area contributed by atoms with E-state index in [1.54, 1.807) is 6.07 Å². The molecule has 10 nitrogen and oxygen atoms in total. The summed E-state index contributed by atoms with van der Waals surface area (Å²) in [5, 5.41) is 34.4. The molecule has 0 aliphatic rings. The number of hydrogen-bond donors (Lipinski definition) is 3. The molecule has 3 aromatic rings. The van der Waals surface area contributed by atoms with E-state index in [9.17, 15) is 23.6 Å². The Labute approximate surface area is 153 Å². The lowest BCUT2D eigenvalue weighted by molar-refractivity contribution is -0.384. The minimum atomic E-state index is -3.96. The molecule has 0 unspecified atom stereocenters. The van der Waals surface area contributed by atoms with Crippen LogP contribution >= 0.6 is 0 Å². The molecule has 0 amide bonds. The van der Waals surface area contributed by atoms with E-state index in [0.717, 1.165) is 6.07 Å². The Morgan fingerprint density at radius 1 is 1.04 bits per heavy atom. The molecular weight excluding hydrogens is 374 g/mol. The van der Waals surface area contributed by atoms with Gasteiger partial charge in [-0.3, -0.25) is 10.1 Å². The van der Waals surface area contributed by atoms with Crippen LogP contribution in [0.4, 0.5) is 22.7 Å². The smallest absolute Gasteiger partial charge is 0.273 e. The van der Waals surface area contributed by atoms with Gasteiger partial charge in [-0.1, -0.05) is 18.2 Å². The number of azo groups is 1. The molecule has 0 bridgehead atoms. The van der Waals surface area contributed by atoms with E-state index in [-0.39, 0.29) is 27.6 Å². The van der Waals surface area contributed by atoms with Crippen LogP contribution in [0.5, 0.6) is 5.75 Å². The Hall–Kier alpha value is -3.57. The monoisotopic (exact) mass is 387 g/mol. The van der Waals surface area contributed by atoms with Gasteiger partial charge in [-0.25, -0.2) is 13.6 Å². The number of benzene rings is 3. The van der Waals surface area contributed by atoms with E-state index < -0.39 is 20.7 Å². The van der Waals surface area contributed by atoms with Crippen LogP contribution in [0, 0.1) is 10.1 Å². The predicted molar refractivity (Wildman–Crippen MR) is 98.7 cm³/mol. The van der Waals surface area contributed by atoms with Crippen molar-refractivity contribution in [3.8, 4) is 5.75 Å². The molecule has 0 heterocycles. The van der Waals surface area contributed by atoms with Crippen molar-refractivity contribution in [3.05, 3.63) is 58.6 Å². The van der Waals surface area contributed by atoms with Crippen LogP contribution in [-0.2, 0) is 10.0 Å². The van der Waals surface area contributed by atoms with Crippen LogP contribution in [0.2, 0.25) is 0 Å². The highest BCUT2D eigenvalue weighted by Gasteiger charge is 2.15. The summed E-state index contributed by atoms with van der Waals surface area (Å²) in [5.41, 5.74) is 6.01. The molecule has 0 aliphatic heterocycles. The van der Waals surface area contributed by atoms with E-state index in [1.165, 1.54) is 36.4 Å². The number of sulfonamides is 1. The minimum Gasteiger partial charge on any atom is -0.505 e. The molecule has 3 aromatic carbocycles. The van der Waals surface area contributed by atoms with Gasteiger partial charge in [0.05, 0.1) is 21.6 Å². The Bertz CT molecular complexity index is 1210. The second kappa shape index (κ2) is 6.63. The number of aromatic hydroxyl groups is 1. The average Bonchev–Trinajstić information content (AvgIpc) is 2.60. The van der Waals surface area contributed by atoms with Gasteiger partial charge in [0.15, 0.2) is 0 Å². The van der Waals surface area contributed by atoms with Gasteiger partial charge >= 0.3 is 0 Å². The van der Waals surface area contributed by atoms with Gasteiger partial charge in [-0.2, -0.15) is 0 Å². The van der Waals surface area contributed by atoms with Crippen LogP contribution in [0.25, 0.3) is 10.8 Å². The largest absolute Gasteiger partial charge is 0.505 e. The summed E-state index contributed by atoms with van der Waals surface area (Å²) in [5.74, 6) is -0.433. The Kier molecular flexibility index (Phi) is 4.47. The van der Waals surface area contributed by atoms with E-state index in [4.69, 9.17) is 10.9 Å². The lowest BCUT2D eigenvalue weighted by Gasteiger charge is -2.08. The minimum absolute atomic E-state index is 0.0143. The Morgan fingerprint density at radius 3 is 2.41 bits per heavy atom. The molecule has 138 valence electrons. The standard InChI is InChI=1S/C16H13N5O5S/c17-12-6-5-10-11(2-1-3-15(10)27(18,25)26)16(12)20-19-13-7-4-9(21(23)24)8-14(13)22/h1-8,22H,17H2,(H2,18,25,26). The fourth-order valence-electron chi connectivity index (χ4n) is 2.50. The highest BCUT2D eigenvalue weighted by molar-refractivity contribution is 7.89. The normalized spacial score (nSPS) is 11.9. The lowest BCUT2D eigenvalue weighted by atomic mass is 10.1. The number of nitro groups is 1. The third-order valence-electron chi connectivity index (χ3n) is 3.76. The number of primary sulfonamides is 1. The van der Waals surface area contributed by atoms with E-state index in [2.05, 4.69) is 10.2 Å². The number of nitro benzene ring substituents is 1. The van der Waals surface area contributed by atoms with Crippen LogP contribution in [0.1, 0.15) is 0 Å². The molecule has 3 rings (SSSR count). The summed E-state index contributed by atoms with van der Waals surface area (Å²) in [6, 6.07) is 10.8. The third kappa shape index (κ3) is 3.54. The van der Waals surface area contributed by atoms with E-state index in [0.29, 0.717) is 10.8 Å². The van der Waals surface area contributed by atoms with Gasteiger partial charge in [-0.05, 0) is 18.2 Å². The van der Waals surface area contributed by atoms with Gasteiger partial charge in [0.1, 0.15) is 17.1 Å². The molecule has 11 heteroatoms. The molecule has 5 N–H and O–H groups in total. The third-order valence-corrected chi connectivity index (χ3v) is 4.73. The van der Waals surface area contributed by atoms with Crippen molar-refractivity contribution < 1.29 is 18.4 Å². The van der Waals surface area contributed by atoms with Crippen molar-refractivity contribution in [2.75, 3.05) is 5.73 Å². The fourth-order valence-corrected chi connectivity index (χ4v) is 3.26. The zero-order valence-corrected chi connectivity index (χ0v) is 14.4. The maximum absolute atomic E-state index is 11.8. The second-order valence-corrected chi connectivity index (χ2v) is 7.06. The predicted octanol–water partition coefficient (Wildman–Crippen LogP) is 3.10. The number of nitrogens with zero attached hydrogens (tertiary/aromatic N) is 3. The first kappa shape index (κ1) is 18.2. The highest BCUT2D eigenvalue weighted by atomic mass is 32.2. The number of anilines is 1. The number of non-ortho nitro benzene ring substituents is 1. The molecule has 0 saturated carbocycles. The number of nitrogen functional groups attached to an aromatic ring is 1. The molecular formula is C16H13N5O5S. The van der Waals surface area contributed by atoms with Gasteiger partial charge in [-0.15, -0.1) is 10.2 Å². The number of hydrogen-bond acceptors (Lipinski definition) is 8. The molecule has 0 atom stereocenters. The quantitative estimate of drug-likeness (QED) is 0.268. The van der Waals surface area contributed by atoms with Gasteiger partial charge < -0.3 is 10.8 Å². The van der Waals surface area contributed by atoms with Gasteiger partial charge in [0, 0.05) is 16.8 Å². The zero-order chi connectivity index (χ0) is 19.8. The molecule has 0 aliphatic carbocycles. The summed E-state index contributed by atoms with van der Waals surface area (Å²) in [6.45, 7) is 0. The Balaban J connectivity index is 2.14. The maximum atomic E-state index is 11.8.